The number of carbonyl (C=O) groups excluding carboxylic acids is 3. The number of rotatable bonds is 18. The Morgan fingerprint density at radius 2 is 1.64 bits per heavy atom. The molecule has 250 valence electrons. The molecule has 3 aliphatic carbocycles. The number of aryl methyl sites for hydroxylation is 1. The van der Waals surface area contributed by atoms with Gasteiger partial charge in [-0.3, -0.25) is 14.4 Å². The van der Waals surface area contributed by atoms with E-state index in [1.165, 1.54) is 32.1 Å². The van der Waals surface area contributed by atoms with E-state index in [1.54, 1.807) is 12.1 Å². The molecule has 0 aromatic heterocycles. The fourth-order valence-corrected chi connectivity index (χ4v) is 8.05. The zero-order valence-corrected chi connectivity index (χ0v) is 29.1. The second-order valence-corrected chi connectivity index (χ2v) is 15.5. The second kappa shape index (κ2) is 15.6. The summed E-state index contributed by atoms with van der Waals surface area (Å²) >= 11 is 0. The Bertz CT molecular complexity index is 1150. The van der Waals surface area contributed by atoms with Gasteiger partial charge in [-0.05, 0) is 74.8 Å². The summed E-state index contributed by atoms with van der Waals surface area (Å²) in [5.74, 6) is -0.0231. The Kier molecular flexibility index (Phi) is 12.4. The van der Waals surface area contributed by atoms with Gasteiger partial charge in [0.1, 0.15) is 5.78 Å². The average molecular weight is 623 g/mol. The van der Waals surface area contributed by atoms with E-state index in [4.69, 9.17) is 9.31 Å². The molecule has 5 rings (SSSR count). The Hall–Kier alpha value is -2.19. The number of amides is 2. The molecule has 3 saturated carbocycles. The second-order valence-electron chi connectivity index (χ2n) is 15.5. The van der Waals surface area contributed by atoms with Gasteiger partial charge in [-0.2, -0.15) is 0 Å². The number of nitrogens with one attached hydrogen (secondary N) is 2. The summed E-state index contributed by atoms with van der Waals surface area (Å²) in [6.07, 6.45) is 11.4. The maximum absolute atomic E-state index is 13.9. The molecule has 1 aromatic rings. The summed E-state index contributed by atoms with van der Waals surface area (Å²) in [7, 11) is -0.535. The lowest BCUT2D eigenvalue weighted by Crippen LogP contribution is -2.65. The third-order valence-electron chi connectivity index (χ3n) is 11.1. The number of carbonyl (C=O) groups is 3. The molecule has 1 heterocycles. The van der Waals surface area contributed by atoms with E-state index >= 15 is 0 Å². The van der Waals surface area contributed by atoms with E-state index in [0.29, 0.717) is 36.2 Å². The summed E-state index contributed by atoms with van der Waals surface area (Å²) in [5, 5.41) is 6.18. The van der Waals surface area contributed by atoms with Crippen LogP contribution in [0, 0.1) is 36.0 Å². The van der Waals surface area contributed by atoms with Gasteiger partial charge < -0.3 is 19.9 Å². The summed E-state index contributed by atoms with van der Waals surface area (Å²) in [6.45, 7) is 15.4. The highest BCUT2D eigenvalue weighted by atomic mass is 16.7. The van der Waals surface area contributed by atoms with Crippen molar-refractivity contribution in [3.8, 4) is 0 Å². The number of hydrogen-bond acceptors (Lipinski definition) is 5. The molecule has 0 unspecified atom stereocenters. The van der Waals surface area contributed by atoms with E-state index < -0.39 is 13.0 Å². The molecule has 0 spiro atoms. The third-order valence-corrected chi connectivity index (χ3v) is 11.1. The van der Waals surface area contributed by atoms with E-state index in [-0.39, 0.29) is 53.6 Å². The minimum atomic E-state index is -0.669. The third kappa shape index (κ3) is 8.79. The van der Waals surface area contributed by atoms with Gasteiger partial charge in [0.25, 0.3) is 5.91 Å². The van der Waals surface area contributed by atoms with Gasteiger partial charge in [-0.15, -0.1) is 0 Å². The van der Waals surface area contributed by atoms with Gasteiger partial charge >= 0.3 is 7.12 Å². The van der Waals surface area contributed by atoms with Crippen LogP contribution in [0.25, 0.3) is 0 Å². The molecule has 2 N–H and O–H groups in total. The van der Waals surface area contributed by atoms with Crippen LogP contribution in [0.5, 0.6) is 0 Å². The molecule has 7 nitrogen and oxygen atoms in total. The van der Waals surface area contributed by atoms with Crippen molar-refractivity contribution in [3.05, 3.63) is 35.4 Å². The maximum Gasteiger partial charge on any atom is 0.481 e. The number of unbranched alkanes of at least 4 members (excludes halogenated alkanes) is 6. The van der Waals surface area contributed by atoms with Crippen LogP contribution in [0.4, 0.5) is 0 Å². The number of benzene rings is 1. The molecular formula is C37H59BN2O5. The first-order chi connectivity index (χ1) is 21.3. The van der Waals surface area contributed by atoms with Crippen LogP contribution in [0.1, 0.15) is 135 Å². The van der Waals surface area contributed by atoms with Crippen molar-refractivity contribution in [2.45, 2.75) is 143 Å². The van der Waals surface area contributed by atoms with Crippen LogP contribution in [0.3, 0.4) is 0 Å². The van der Waals surface area contributed by atoms with Crippen molar-refractivity contribution >= 4 is 24.7 Å². The average Bonchev–Trinajstić information content (AvgIpc) is 3.35. The lowest BCUT2D eigenvalue weighted by Gasteiger charge is -2.64. The van der Waals surface area contributed by atoms with Crippen LogP contribution in [-0.2, 0) is 18.9 Å². The molecule has 1 saturated heterocycles. The highest BCUT2D eigenvalue weighted by Crippen LogP contribution is 2.65. The van der Waals surface area contributed by atoms with Crippen molar-refractivity contribution in [2.75, 3.05) is 6.54 Å². The Morgan fingerprint density at radius 1 is 0.978 bits per heavy atom. The normalized spacial score (nSPS) is 26.1. The Balaban J connectivity index is 1.40. The lowest BCUT2D eigenvalue weighted by atomic mass is 9.43. The molecule has 45 heavy (non-hydrogen) atoms. The molecule has 2 bridgehead atoms. The van der Waals surface area contributed by atoms with Crippen molar-refractivity contribution in [1.29, 1.82) is 0 Å². The van der Waals surface area contributed by atoms with Gasteiger partial charge in [0.05, 0.1) is 23.6 Å². The van der Waals surface area contributed by atoms with Crippen LogP contribution in [-0.4, -0.2) is 48.9 Å². The van der Waals surface area contributed by atoms with E-state index in [0.717, 1.165) is 31.2 Å². The molecule has 1 aromatic carbocycles. The fraction of sp³-hybridized carbons (Fsp3) is 0.757. The van der Waals surface area contributed by atoms with E-state index in [9.17, 15) is 14.4 Å². The largest absolute Gasteiger partial charge is 0.481 e. The van der Waals surface area contributed by atoms with Gasteiger partial charge in [-0.25, -0.2) is 0 Å². The predicted octanol–water partition coefficient (Wildman–Crippen LogP) is 7.24. The summed E-state index contributed by atoms with van der Waals surface area (Å²) in [4.78, 5) is 40.0. The molecule has 4 fully saturated rings. The van der Waals surface area contributed by atoms with Crippen molar-refractivity contribution in [3.63, 3.8) is 0 Å². The predicted molar refractivity (Wildman–Crippen MR) is 181 cm³/mol. The molecular weight excluding hydrogens is 563 g/mol. The van der Waals surface area contributed by atoms with Gasteiger partial charge in [0.15, 0.2) is 0 Å². The summed E-state index contributed by atoms with van der Waals surface area (Å²) < 4.78 is 13.3. The highest BCUT2D eigenvalue weighted by Gasteiger charge is 2.68. The van der Waals surface area contributed by atoms with Gasteiger partial charge in [0.2, 0.25) is 5.91 Å². The topological polar surface area (TPSA) is 93.7 Å². The molecule has 8 heteroatoms. The number of Topliss-reactive ketones (excluding diaryl/α,β-unsaturated/α-hetero) is 1. The minimum absolute atomic E-state index is 0.0268. The lowest BCUT2D eigenvalue weighted by molar-refractivity contribution is -0.199. The smallest absolute Gasteiger partial charge is 0.404 e. The van der Waals surface area contributed by atoms with E-state index in [2.05, 4.69) is 52.2 Å². The summed E-state index contributed by atoms with van der Waals surface area (Å²) in [6, 6.07) is 7.35. The van der Waals surface area contributed by atoms with Crippen LogP contribution >= 0.6 is 0 Å². The number of ketones is 1. The van der Waals surface area contributed by atoms with Crippen LogP contribution < -0.4 is 10.6 Å². The van der Waals surface area contributed by atoms with Crippen molar-refractivity contribution in [1.82, 2.24) is 10.6 Å². The van der Waals surface area contributed by atoms with Gasteiger partial charge in [0, 0.05) is 24.9 Å². The zero-order valence-electron chi connectivity index (χ0n) is 29.1. The number of hydrogen-bond donors (Lipinski definition) is 2. The molecule has 1 aliphatic heterocycles. The van der Waals surface area contributed by atoms with Gasteiger partial charge in [-0.1, -0.05) is 90.8 Å². The van der Waals surface area contributed by atoms with E-state index in [1.807, 2.05) is 19.1 Å². The quantitative estimate of drug-likeness (QED) is 0.133. The summed E-state index contributed by atoms with van der Waals surface area (Å²) in [5.41, 5.74) is 1.48. The molecule has 6 atom stereocenters. The first-order valence-electron chi connectivity index (χ1n) is 17.8. The molecule has 4 aliphatic rings. The first kappa shape index (κ1) is 35.7. The Labute approximate surface area is 272 Å². The Morgan fingerprint density at radius 3 is 2.29 bits per heavy atom. The minimum Gasteiger partial charge on any atom is -0.404 e. The maximum atomic E-state index is 13.9. The SMILES string of the molecule is CCCCCCCCCC(=O)C[C@@H](CNC(=O)c1ccc(C)cc1)C(=O)N[C@@H](CC(C)C)B1O[C@@H]2C[C@@H]3C[C@@H](C3(C)C)[C@]2(C)O1. The fourth-order valence-electron chi connectivity index (χ4n) is 8.05. The van der Waals surface area contributed by atoms with Crippen molar-refractivity contribution in [2.24, 2.45) is 29.1 Å². The van der Waals surface area contributed by atoms with Crippen molar-refractivity contribution < 1.29 is 23.7 Å². The highest BCUT2D eigenvalue weighted by molar-refractivity contribution is 6.47. The standard InChI is InChI=1S/C37H59BN2O5/c1-8-9-10-11-12-13-14-15-30(41)21-28(24-39-34(42)27-18-16-26(4)17-19-27)35(43)40-33(20-25(2)3)38-44-32-23-29-22-31(36(29,5)6)37(32,7)45-38/h16-19,25,28-29,31-33H,8-15,20-24H2,1-7H3,(H,39,42)(H,40,43)/t28-,29-,31-,32+,33-,37-/m0/s1. The monoisotopic (exact) mass is 622 g/mol. The zero-order chi connectivity index (χ0) is 32.8. The molecule has 0 radical (unpaired) electrons. The first-order valence-corrected chi connectivity index (χ1v) is 17.8. The van der Waals surface area contributed by atoms with Crippen LogP contribution in [0.2, 0.25) is 0 Å². The molecule has 2 amide bonds. The van der Waals surface area contributed by atoms with Crippen LogP contribution in [0.15, 0.2) is 24.3 Å².